The van der Waals surface area contributed by atoms with Gasteiger partial charge in [-0.05, 0) is 49.4 Å². The number of amides is 1. The summed E-state index contributed by atoms with van der Waals surface area (Å²) in [6.45, 7) is 1.89. The van der Waals surface area contributed by atoms with Gasteiger partial charge in [-0.2, -0.15) is 0 Å². The van der Waals surface area contributed by atoms with Crippen LogP contribution >= 0.6 is 0 Å². The first-order valence-corrected chi connectivity index (χ1v) is 8.32. The van der Waals surface area contributed by atoms with E-state index in [0.29, 0.717) is 5.56 Å². The van der Waals surface area contributed by atoms with Gasteiger partial charge in [0.1, 0.15) is 5.76 Å². The van der Waals surface area contributed by atoms with Crippen LogP contribution in [0.3, 0.4) is 0 Å². The smallest absolute Gasteiger partial charge is 0.251 e. The first-order chi connectivity index (χ1) is 12.7. The van der Waals surface area contributed by atoms with E-state index in [4.69, 9.17) is 4.42 Å². The Balaban J connectivity index is 1.67. The molecule has 0 unspecified atom stereocenters. The zero-order valence-electron chi connectivity index (χ0n) is 14.2. The van der Waals surface area contributed by atoms with Gasteiger partial charge in [0.15, 0.2) is 0 Å². The Morgan fingerprint density at radius 2 is 1.92 bits per heavy atom. The van der Waals surface area contributed by atoms with Gasteiger partial charge >= 0.3 is 0 Å². The molecule has 0 bridgehead atoms. The minimum atomic E-state index is -0.208. The summed E-state index contributed by atoms with van der Waals surface area (Å²) in [6, 6.07) is 12.9. The zero-order valence-corrected chi connectivity index (χ0v) is 14.2. The minimum Gasteiger partial charge on any atom is -0.467 e. The van der Waals surface area contributed by atoms with Crippen molar-refractivity contribution in [2.24, 2.45) is 0 Å². The summed E-state index contributed by atoms with van der Waals surface area (Å²) >= 11 is 0. The van der Waals surface area contributed by atoms with E-state index in [1.807, 2.05) is 77.1 Å². The number of rotatable bonds is 5. The number of benzene rings is 1. The quantitative estimate of drug-likeness (QED) is 0.598. The van der Waals surface area contributed by atoms with E-state index in [2.05, 4.69) is 10.3 Å². The molecule has 0 aliphatic heterocycles. The summed E-state index contributed by atoms with van der Waals surface area (Å²) in [5.74, 6) is 0.568. The average Bonchev–Trinajstić information content (AvgIpc) is 3.44. The van der Waals surface area contributed by atoms with Gasteiger partial charge in [0, 0.05) is 30.4 Å². The Hall–Kier alpha value is -3.54. The molecule has 0 spiro atoms. The van der Waals surface area contributed by atoms with Gasteiger partial charge in [-0.15, -0.1) is 0 Å². The van der Waals surface area contributed by atoms with Crippen LogP contribution < -0.4 is 5.32 Å². The van der Waals surface area contributed by atoms with Crippen LogP contribution in [0.25, 0.3) is 11.4 Å². The van der Waals surface area contributed by atoms with Gasteiger partial charge in [-0.3, -0.25) is 4.79 Å². The van der Waals surface area contributed by atoms with Crippen LogP contribution in [-0.2, 0) is 0 Å². The van der Waals surface area contributed by atoms with Gasteiger partial charge in [-0.1, -0.05) is 0 Å². The third-order valence-corrected chi connectivity index (χ3v) is 4.22. The molecule has 3 heterocycles. The molecule has 6 nitrogen and oxygen atoms in total. The zero-order chi connectivity index (χ0) is 17.9. The Morgan fingerprint density at radius 1 is 1.08 bits per heavy atom. The number of hydrogen-bond acceptors (Lipinski definition) is 3. The Kier molecular flexibility index (Phi) is 4.15. The maximum atomic E-state index is 12.7. The number of aromatic nitrogens is 3. The molecule has 1 amide bonds. The topological polar surface area (TPSA) is 65.0 Å². The summed E-state index contributed by atoms with van der Waals surface area (Å²) in [4.78, 5) is 16.8. The van der Waals surface area contributed by atoms with Gasteiger partial charge in [-0.25, -0.2) is 4.98 Å². The van der Waals surface area contributed by atoms with Gasteiger partial charge in [0.25, 0.3) is 5.91 Å². The molecular weight excluding hydrogens is 328 g/mol. The van der Waals surface area contributed by atoms with E-state index in [1.54, 1.807) is 18.8 Å². The van der Waals surface area contributed by atoms with Crippen LogP contribution in [0.1, 0.15) is 29.1 Å². The second-order valence-corrected chi connectivity index (χ2v) is 5.97. The second kappa shape index (κ2) is 6.76. The van der Waals surface area contributed by atoms with Gasteiger partial charge in [0.05, 0.1) is 30.0 Å². The van der Waals surface area contributed by atoms with Crippen molar-refractivity contribution >= 4 is 5.91 Å². The normalized spacial score (nSPS) is 12.0. The molecule has 0 saturated carbocycles. The molecule has 26 heavy (non-hydrogen) atoms. The molecule has 3 aromatic heterocycles. The molecule has 4 aromatic rings. The summed E-state index contributed by atoms with van der Waals surface area (Å²) in [6.07, 6.45) is 10.8. The molecule has 4 rings (SSSR count). The number of hydrogen-bond donors (Lipinski definition) is 1. The molecule has 0 radical (unpaired) electrons. The second-order valence-electron chi connectivity index (χ2n) is 5.97. The standard InChI is InChI=1S/C20H18N4O2/c1-15(19-5-4-12-26-19)22-20(25)16-6-7-17(24-11-8-21-14-24)18(13-16)23-9-2-3-10-23/h2-15H,1H3,(H,22,25)/t15-/m1/s1. The highest BCUT2D eigenvalue weighted by atomic mass is 16.3. The van der Waals surface area contributed by atoms with Crippen molar-refractivity contribution in [3.8, 4) is 11.4 Å². The van der Waals surface area contributed by atoms with Crippen molar-refractivity contribution in [1.29, 1.82) is 0 Å². The molecule has 1 N–H and O–H groups in total. The van der Waals surface area contributed by atoms with Gasteiger partial charge < -0.3 is 18.9 Å². The first-order valence-electron chi connectivity index (χ1n) is 8.32. The summed E-state index contributed by atoms with van der Waals surface area (Å²) in [5, 5.41) is 2.96. The lowest BCUT2D eigenvalue weighted by Crippen LogP contribution is -2.26. The van der Waals surface area contributed by atoms with Crippen molar-refractivity contribution in [2.75, 3.05) is 0 Å². The van der Waals surface area contributed by atoms with E-state index >= 15 is 0 Å². The highest BCUT2D eigenvalue weighted by Gasteiger charge is 2.16. The molecule has 6 heteroatoms. The summed E-state index contributed by atoms with van der Waals surface area (Å²) in [5.41, 5.74) is 2.41. The van der Waals surface area contributed by atoms with Crippen LogP contribution in [0.2, 0.25) is 0 Å². The largest absolute Gasteiger partial charge is 0.467 e. The van der Waals surface area contributed by atoms with Crippen LogP contribution in [0.4, 0.5) is 0 Å². The number of carbonyl (C=O) groups is 1. The monoisotopic (exact) mass is 346 g/mol. The van der Waals surface area contributed by atoms with Gasteiger partial charge in [0.2, 0.25) is 0 Å². The first kappa shape index (κ1) is 16.0. The lowest BCUT2D eigenvalue weighted by molar-refractivity contribution is 0.0935. The highest BCUT2D eigenvalue weighted by molar-refractivity contribution is 5.95. The van der Waals surface area contributed by atoms with E-state index < -0.39 is 0 Å². The van der Waals surface area contributed by atoms with E-state index in [0.717, 1.165) is 17.1 Å². The fraction of sp³-hybridized carbons (Fsp3) is 0.100. The van der Waals surface area contributed by atoms with E-state index in [9.17, 15) is 4.79 Å². The van der Waals surface area contributed by atoms with Crippen molar-refractivity contribution < 1.29 is 9.21 Å². The molecule has 1 atom stereocenters. The molecule has 1 aromatic carbocycles. The van der Waals surface area contributed by atoms with Crippen LogP contribution in [-0.4, -0.2) is 20.0 Å². The fourth-order valence-corrected chi connectivity index (χ4v) is 2.88. The molecule has 130 valence electrons. The van der Waals surface area contributed by atoms with Crippen molar-refractivity contribution in [3.05, 3.63) is 91.2 Å². The number of nitrogens with one attached hydrogen (secondary N) is 1. The average molecular weight is 346 g/mol. The predicted octanol–water partition coefficient (Wildman–Crippen LogP) is 3.75. The number of carbonyl (C=O) groups excluding carboxylic acids is 1. The lowest BCUT2D eigenvalue weighted by atomic mass is 10.1. The van der Waals surface area contributed by atoms with Crippen LogP contribution in [0.5, 0.6) is 0 Å². The van der Waals surface area contributed by atoms with Crippen molar-refractivity contribution in [2.45, 2.75) is 13.0 Å². The summed E-state index contributed by atoms with van der Waals surface area (Å²) < 4.78 is 9.25. The number of imidazole rings is 1. The van der Waals surface area contributed by atoms with E-state index in [-0.39, 0.29) is 11.9 Å². The lowest BCUT2D eigenvalue weighted by Gasteiger charge is -2.15. The number of furan rings is 1. The molecule has 0 saturated heterocycles. The Bertz CT molecular complexity index is 987. The minimum absolute atomic E-state index is 0.153. The highest BCUT2D eigenvalue weighted by Crippen LogP contribution is 2.22. The SMILES string of the molecule is C[C@@H](NC(=O)c1ccc(-n2ccnc2)c(-n2cccc2)c1)c1ccco1. The fourth-order valence-electron chi connectivity index (χ4n) is 2.88. The van der Waals surface area contributed by atoms with Crippen LogP contribution in [0.15, 0.2) is 84.3 Å². The van der Waals surface area contributed by atoms with E-state index in [1.165, 1.54) is 0 Å². The molecular formula is C20H18N4O2. The Morgan fingerprint density at radius 3 is 2.62 bits per heavy atom. The molecule has 0 aliphatic rings. The molecule has 0 fully saturated rings. The van der Waals surface area contributed by atoms with Crippen molar-refractivity contribution in [3.63, 3.8) is 0 Å². The number of nitrogens with zero attached hydrogens (tertiary/aromatic N) is 3. The third-order valence-electron chi connectivity index (χ3n) is 4.22. The maximum absolute atomic E-state index is 12.7. The predicted molar refractivity (Wildman–Crippen MR) is 97.5 cm³/mol. The Labute approximate surface area is 150 Å². The third kappa shape index (κ3) is 3.04. The summed E-state index contributed by atoms with van der Waals surface area (Å²) in [7, 11) is 0. The van der Waals surface area contributed by atoms with Crippen LogP contribution in [0, 0.1) is 0 Å². The maximum Gasteiger partial charge on any atom is 0.251 e. The molecule has 0 aliphatic carbocycles. The van der Waals surface area contributed by atoms with Crippen molar-refractivity contribution in [1.82, 2.24) is 19.4 Å².